The number of hydrogen-bond donors (Lipinski definition) is 0. The fourth-order valence-corrected chi connectivity index (χ4v) is 0.927. The van der Waals surface area contributed by atoms with Gasteiger partial charge in [-0.05, 0) is 23.8 Å². The third kappa shape index (κ3) is 3.01. The number of carbonyl (C=O) groups excluding carboxylic acids is 1. The maximum atomic E-state index is 12.7. The Balaban J connectivity index is 2.74. The SMILES string of the molecule is CN(C)C(=O)C=Cc1cccc(F)c1. The molecule has 2 nitrogen and oxygen atoms in total. The van der Waals surface area contributed by atoms with E-state index in [2.05, 4.69) is 0 Å². The Bertz CT molecular complexity index is 358. The summed E-state index contributed by atoms with van der Waals surface area (Å²) >= 11 is 0. The van der Waals surface area contributed by atoms with Crippen molar-refractivity contribution in [1.29, 1.82) is 0 Å². The minimum atomic E-state index is -0.301. The lowest BCUT2D eigenvalue weighted by molar-refractivity contribution is -0.123. The summed E-state index contributed by atoms with van der Waals surface area (Å²) in [6.07, 6.45) is 3.00. The summed E-state index contributed by atoms with van der Waals surface area (Å²) in [5, 5.41) is 0. The first-order valence-electron chi connectivity index (χ1n) is 4.24. The quantitative estimate of drug-likeness (QED) is 0.657. The molecule has 0 radical (unpaired) electrons. The van der Waals surface area contributed by atoms with E-state index in [-0.39, 0.29) is 11.7 Å². The number of halogens is 1. The molecular formula is C11H12FNO. The van der Waals surface area contributed by atoms with Crippen LogP contribution in [0.1, 0.15) is 5.56 Å². The van der Waals surface area contributed by atoms with E-state index in [4.69, 9.17) is 0 Å². The number of carbonyl (C=O) groups is 1. The first-order valence-corrected chi connectivity index (χ1v) is 4.24. The second kappa shape index (κ2) is 4.56. The molecule has 3 heteroatoms. The summed E-state index contributed by atoms with van der Waals surface area (Å²) in [5.41, 5.74) is 0.681. The van der Waals surface area contributed by atoms with E-state index in [1.807, 2.05) is 0 Å². The normalized spacial score (nSPS) is 10.5. The largest absolute Gasteiger partial charge is 0.345 e. The molecule has 0 aromatic heterocycles. The fourth-order valence-electron chi connectivity index (χ4n) is 0.927. The van der Waals surface area contributed by atoms with E-state index < -0.39 is 0 Å². The Morgan fingerprint density at radius 1 is 1.43 bits per heavy atom. The van der Waals surface area contributed by atoms with Gasteiger partial charge in [0.05, 0.1) is 0 Å². The molecule has 0 saturated carbocycles. The number of amides is 1. The highest BCUT2D eigenvalue weighted by Gasteiger charge is 1.97. The minimum absolute atomic E-state index is 0.116. The zero-order valence-electron chi connectivity index (χ0n) is 8.20. The van der Waals surface area contributed by atoms with Crippen LogP contribution in [0.15, 0.2) is 30.3 Å². The van der Waals surface area contributed by atoms with Crippen LogP contribution in [-0.2, 0) is 4.79 Å². The van der Waals surface area contributed by atoms with Crippen LogP contribution in [0.25, 0.3) is 6.08 Å². The van der Waals surface area contributed by atoms with Crippen LogP contribution >= 0.6 is 0 Å². The molecule has 14 heavy (non-hydrogen) atoms. The van der Waals surface area contributed by atoms with Crippen molar-refractivity contribution in [3.63, 3.8) is 0 Å². The Morgan fingerprint density at radius 3 is 2.71 bits per heavy atom. The molecule has 0 unspecified atom stereocenters. The molecule has 1 aromatic rings. The van der Waals surface area contributed by atoms with E-state index >= 15 is 0 Å². The molecule has 0 spiro atoms. The summed E-state index contributed by atoms with van der Waals surface area (Å²) in [7, 11) is 3.33. The van der Waals surface area contributed by atoms with Gasteiger partial charge < -0.3 is 4.90 Å². The predicted molar refractivity (Wildman–Crippen MR) is 54.1 cm³/mol. The topological polar surface area (TPSA) is 20.3 Å². The third-order valence-electron chi connectivity index (χ3n) is 1.71. The molecule has 0 aliphatic carbocycles. The van der Waals surface area contributed by atoms with Crippen molar-refractivity contribution in [3.8, 4) is 0 Å². The molecule has 0 atom stereocenters. The van der Waals surface area contributed by atoms with Gasteiger partial charge in [-0.25, -0.2) is 4.39 Å². The van der Waals surface area contributed by atoms with Gasteiger partial charge in [0.15, 0.2) is 0 Å². The second-order valence-corrected chi connectivity index (χ2v) is 3.12. The smallest absolute Gasteiger partial charge is 0.246 e. The third-order valence-corrected chi connectivity index (χ3v) is 1.71. The second-order valence-electron chi connectivity index (χ2n) is 3.12. The molecule has 0 aliphatic rings. The van der Waals surface area contributed by atoms with Gasteiger partial charge in [-0.2, -0.15) is 0 Å². The van der Waals surface area contributed by atoms with Crippen LogP contribution in [0.2, 0.25) is 0 Å². The molecule has 0 heterocycles. The van der Waals surface area contributed by atoms with Gasteiger partial charge >= 0.3 is 0 Å². The number of hydrogen-bond acceptors (Lipinski definition) is 1. The van der Waals surface area contributed by atoms with E-state index in [1.165, 1.54) is 23.1 Å². The van der Waals surface area contributed by atoms with E-state index in [0.717, 1.165) is 0 Å². The molecule has 0 saturated heterocycles. The highest BCUT2D eigenvalue weighted by molar-refractivity contribution is 5.91. The van der Waals surface area contributed by atoms with Crippen molar-refractivity contribution in [1.82, 2.24) is 4.90 Å². The van der Waals surface area contributed by atoms with E-state index in [1.54, 1.807) is 32.3 Å². The molecule has 1 amide bonds. The lowest BCUT2D eigenvalue weighted by Gasteiger charge is -2.04. The van der Waals surface area contributed by atoms with Crippen molar-refractivity contribution in [2.45, 2.75) is 0 Å². The Morgan fingerprint density at radius 2 is 2.14 bits per heavy atom. The summed E-state index contributed by atoms with van der Waals surface area (Å²) < 4.78 is 12.7. The molecular weight excluding hydrogens is 181 g/mol. The van der Waals surface area contributed by atoms with Crippen molar-refractivity contribution in [3.05, 3.63) is 41.7 Å². The summed E-state index contributed by atoms with van der Waals surface area (Å²) in [6.45, 7) is 0. The monoisotopic (exact) mass is 193 g/mol. The molecule has 74 valence electrons. The number of rotatable bonds is 2. The standard InChI is InChI=1S/C11H12FNO/c1-13(2)11(14)7-6-9-4-3-5-10(12)8-9/h3-8H,1-2H3. The van der Waals surface area contributed by atoms with Gasteiger partial charge in [0.1, 0.15) is 5.82 Å². The van der Waals surface area contributed by atoms with E-state index in [0.29, 0.717) is 5.56 Å². The summed E-state index contributed by atoms with van der Waals surface area (Å²) in [6, 6.07) is 6.09. The molecule has 0 N–H and O–H groups in total. The Hall–Kier alpha value is -1.64. The summed E-state index contributed by atoms with van der Waals surface area (Å²) in [5.74, 6) is -0.418. The van der Waals surface area contributed by atoms with Gasteiger partial charge in [-0.3, -0.25) is 4.79 Å². The van der Waals surface area contributed by atoms with Gasteiger partial charge in [0, 0.05) is 20.2 Å². The van der Waals surface area contributed by atoms with Gasteiger partial charge in [0.25, 0.3) is 0 Å². The van der Waals surface area contributed by atoms with Crippen LogP contribution in [-0.4, -0.2) is 24.9 Å². The summed E-state index contributed by atoms with van der Waals surface area (Å²) in [4.78, 5) is 12.6. The van der Waals surface area contributed by atoms with Crippen molar-refractivity contribution >= 4 is 12.0 Å². The van der Waals surface area contributed by atoms with Crippen molar-refractivity contribution in [2.24, 2.45) is 0 Å². The highest BCUT2D eigenvalue weighted by Crippen LogP contribution is 2.05. The van der Waals surface area contributed by atoms with Crippen molar-refractivity contribution in [2.75, 3.05) is 14.1 Å². The predicted octanol–water partition coefficient (Wildman–Crippen LogP) is 1.93. The molecule has 0 aliphatic heterocycles. The van der Waals surface area contributed by atoms with E-state index in [9.17, 15) is 9.18 Å². The van der Waals surface area contributed by atoms with Crippen molar-refractivity contribution < 1.29 is 9.18 Å². The Labute approximate surface area is 82.7 Å². The minimum Gasteiger partial charge on any atom is -0.345 e. The zero-order valence-corrected chi connectivity index (χ0v) is 8.20. The first kappa shape index (κ1) is 10.4. The average molecular weight is 193 g/mol. The maximum Gasteiger partial charge on any atom is 0.246 e. The highest BCUT2D eigenvalue weighted by atomic mass is 19.1. The first-order chi connectivity index (χ1) is 6.59. The number of nitrogens with zero attached hydrogens (tertiary/aromatic N) is 1. The van der Waals surface area contributed by atoms with Gasteiger partial charge in [-0.15, -0.1) is 0 Å². The van der Waals surface area contributed by atoms with Gasteiger partial charge in [0.2, 0.25) is 5.91 Å². The number of likely N-dealkylation sites (N-methyl/N-ethyl adjacent to an activating group) is 1. The molecule has 1 rings (SSSR count). The lowest BCUT2D eigenvalue weighted by Crippen LogP contribution is -2.18. The lowest BCUT2D eigenvalue weighted by atomic mass is 10.2. The maximum absolute atomic E-state index is 12.7. The average Bonchev–Trinajstić information content (AvgIpc) is 2.14. The molecule has 0 fully saturated rings. The van der Waals surface area contributed by atoms with Crippen LogP contribution < -0.4 is 0 Å². The molecule has 1 aromatic carbocycles. The Kier molecular flexibility index (Phi) is 3.40. The fraction of sp³-hybridized carbons (Fsp3) is 0.182. The zero-order chi connectivity index (χ0) is 10.6. The van der Waals surface area contributed by atoms with Crippen LogP contribution in [0.4, 0.5) is 4.39 Å². The van der Waals surface area contributed by atoms with Gasteiger partial charge in [-0.1, -0.05) is 12.1 Å². The van der Waals surface area contributed by atoms with Crippen LogP contribution in [0.3, 0.4) is 0 Å². The van der Waals surface area contributed by atoms with Crippen LogP contribution in [0, 0.1) is 5.82 Å². The number of benzene rings is 1. The molecule has 0 bridgehead atoms. The van der Waals surface area contributed by atoms with Crippen LogP contribution in [0.5, 0.6) is 0 Å².